The molecule has 0 heterocycles. The SMILES string of the molecule is COc1cc(OCc2cccc(-c3ccccc3)c2C)cc(OC)c1CNCC(C)(C)O. The highest BCUT2D eigenvalue weighted by molar-refractivity contribution is 5.68. The molecular weight excluding hydrogens is 402 g/mol. The molecule has 0 atom stereocenters. The van der Waals surface area contributed by atoms with Gasteiger partial charge in [-0.05, 0) is 43.0 Å². The molecule has 0 amide bonds. The number of nitrogens with one attached hydrogen (secondary N) is 1. The van der Waals surface area contributed by atoms with Gasteiger partial charge in [0.25, 0.3) is 0 Å². The average Bonchev–Trinajstić information content (AvgIpc) is 2.78. The van der Waals surface area contributed by atoms with E-state index in [2.05, 4.69) is 54.7 Å². The Morgan fingerprint density at radius 2 is 1.56 bits per heavy atom. The van der Waals surface area contributed by atoms with Crippen molar-refractivity contribution in [1.29, 1.82) is 0 Å². The lowest BCUT2D eigenvalue weighted by molar-refractivity contribution is 0.0793. The lowest BCUT2D eigenvalue weighted by atomic mass is 9.97. The lowest BCUT2D eigenvalue weighted by Gasteiger charge is -2.20. The Kier molecular flexibility index (Phi) is 7.78. The molecule has 0 unspecified atom stereocenters. The number of hydrogen-bond acceptors (Lipinski definition) is 5. The summed E-state index contributed by atoms with van der Waals surface area (Å²) in [4.78, 5) is 0. The van der Waals surface area contributed by atoms with Crippen LogP contribution in [0.4, 0.5) is 0 Å². The molecule has 0 saturated carbocycles. The predicted octanol–water partition coefficient (Wildman–Crippen LogP) is 5.12. The van der Waals surface area contributed by atoms with Crippen LogP contribution in [-0.4, -0.2) is 31.5 Å². The zero-order valence-corrected chi connectivity index (χ0v) is 19.6. The van der Waals surface area contributed by atoms with Crippen molar-refractivity contribution >= 4 is 0 Å². The molecular formula is C27H33NO4. The summed E-state index contributed by atoms with van der Waals surface area (Å²) in [6.07, 6.45) is 0. The quantitative estimate of drug-likeness (QED) is 0.463. The van der Waals surface area contributed by atoms with Gasteiger partial charge in [0, 0.05) is 25.2 Å². The molecule has 0 aromatic heterocycles. The van der Waals surface area contributed by atoms with E-state index in [0.717, 1.165) is 11.1 Å². The van der Waals surface area contributed by atoms with Gasteiger partial charge in [-0.1, -0.05) is 48.5 Å². The predicted molar refractivity (Wildman–Crippen MR) is 128 cm³/mol. The topological polar surface area (TPSA) is 60.0 Å². The Hall–Kier alpha value is -3.02. The largest absolute Gasteiger partial charge is 0.496 e. The number of ether oxygens (including phenoxy) is 3. The molecule has 5 heteroatoms. The summed E-state index contributed by atoms with van der Waals surface area (Å²) >= 11 is 0. The van der Waals surface area contributed by atoms with Crippen LogP contribution in [0, 0.1) is 6.92 Å². The van der Waals surface area contributed by atoms with Gasteiger partial charge in [0.05, 0.1) is 25.4 Å². The Labute approximate surface area is 191 Å². The summed E-state index contributed by atoms with van der Waals surface area (Å²) < 4.78 is 17.3. The van der Waals surface area contributed by atoms with Crippen molar-refractivity contribution in [2.75, 3.05) is 20.8 Å². The van der Waals surface area contributed by atoms with E-state index in [1.165, 1.54) is 16.7 Å². The van der Waals surface area contributed by atoms with Gasteiger partial charge in [0.1, 0.15) is 23.9 Å². The molecule has 0 fully saturated rings. The smallest absolute Gasteiger partial charge is 0.130 e. The van der Waals surface area contributed by atoms with E-state index in [4.69, 9.17) is 14.2 Å². The maximum absolute atomic E-state index is 9.94. The van der Waals surface area contributed by atoms with E-state index in [1.807, 2.05) is 18.2 Å². The minimum Gasteiger partial charge on any atom is -0.496 e. The Morgan fingerprint density at radius 1 is 0.906 bits per heavy atom. The summed E-state index contributed by atoms with van der Waals surface area (Å²) in [7, 11) is 3.26. The molecule has 0 bridgehead atoms. The summed E-state index contributed by atoms with van der Waals surface area (Å²) in [6.45, 7) is 7.05. The third kappa shape index (κ3) is 6.02. The number of rotatable bonds is 10. The average molecular weight is 436 g/mol. The van der Waals surface area contributed by atoms with Crippen molar-refractivity contribution in [3.05, 3.63) is 77.4 Å². The van der Waals surface area contributed by atoms with E-state index >= 15 is 0 Å². The van der Waals surface area contributed by atoms with Crippen LogP contribution < -0.4 is 19.5 Å². The third-order valence-corrected chi connectivity index (χ3v) is 5.37. The van der Waals surface area contributed by atoms with Gasteiger partial charge in [-0.3, -0.25) is 0 Å². The van der Waals surface area contributed by atoms with E-state index in [9.17, 15) is 5.11 Å². The highest BCUT2D eigenvalue weighted by Gasteiger charge is 2.16. The molecule has 3 rings (SSSR count). The van der Waals surface area contributed by atoms with Gasteiger partial charge in [-0.2, -0.15) is 0 Å². The van der Waals surface area contributed by atoms with Crippen molar-refractivity contribution < 1.29 is 19.3 Å². The second kappa shape index (κ2) is 10.5. The van der Waals surface area contributed by atoms with Gasteiger partial charge in [-0.25, -0.2) is 0 Å². The monoisotopic (exact) mass is 435 g/mol. The standard InChI is InChI=1S/C27H33NO4/c1-19-21(12-9-13-23(19)20-10-7-6-8-11-20)17-32-22-14-25(30-4)24(26(15-22)31-5)16-28-18-27(2,3)29/h6-15,28-29H,16-18H2,1-5H3. The molecule has 0 aliphatic rings. The fourth-order valence-electron chi connectivity index (χ4n) is 3.64. The first kappa shape index (κ1) is 23.6. The Bertz CT molecular complexity index is 1000. The molecule has 3 aromatic rings. The molecule has 32 heavy (non-hydrogen) atoms. The number of hydrogen-bond donors (Lipinski definition) is 2. The molecule has 0 saturated heterocycles. The van der Waals surface area contributed by atoms with Crippen LogP contribution in [0.2, 0.25) is 0 Å². The van der Waals surface area contributed by atoms with Crippen LogP contribution in [0.15, 0.2) is 60.7 Å². The van der Waals surface area contributed by atoms with Gasteiger partial charge in [0.2, 0.25) is 0 Å². The second-order valence-corrected chi connectivity index (χ2v) is 8.47. The molecule has 0 aliphatic carbocycles. The van der Waals surface area contributed by atoms with Crippen molar-refractivity contribution in [2.45, 2.75) is 39.5 Å². The zero-order valence-electron chi connectivity index (χ0n) is 19.6. The first-order valence-electron chi connectivity index (χ1n) is 10.8. The lowest BCUT2D eigenvalue weighted by Crippen LogP contribution is -2.34. The van der Waals surface area contributed by atoms with E-state index in [0.29, 0.717) is 36.9 Å². The zero-order chi connectivity index (χ0) is 23.1. The van der Waals surface area contributed by atoms with Crippen LogP contribution in [0.5, 0.6) is 17.2 Å². The number of aliphatic hydroxyl groups is 1. The molecule has 2 N–H and O–H groups in total. The summed E-state index contributed by atoms with van der Waals surface area (Å²) in [6, 6.07) is 20.4. The minimum absolute atomic E-state index is 0.440. The first-order chi connectivity index (χ1) is 15.3. The fraction of sp³-hybridized carbons (Fsp3) is 0.333. The molecule has 170 valence electrons. The van der Waals surface area contributed by atoms with Gasteiger partial charge in [-0.15, -0.1) is 0 Å². The summed E-state index contributed by atoms with van der Waals surface area (Å²) in [5.74, 6) is 2.03. The van der Waals surface area contributed by atoms with Crippen LogP contribution in [-0.2, 0) is 13.2 Å². The minimum atomic E-state index is -0.796. The molecule has 0 radical (unpaired) electrons. The van der Waals surface area contributed by atoms with E-state index in [-0.39, 0.29) is 0 Å². The third-order valence-electron chi connectivity index (χ3n) is 5.37. The highest BCUT2D eigenvalue weighted by atomic mass is 16.5. The van der Waals surface area contributed by atoms with E-state index < -0.39 is 5.60 Å². The number of benzene rings is 3. The first-order valence-corrected chi connectivity index (χ1v) is 10.8. The van der Waals surface area contributed by atoms with Crippen molar-refractivity contribution in [2.24, 2.45) is 0 Å². The maximum Gasteiger partial charge on any atom is 0.130 e. The van der Waals surface area contributed by atoms with E-state index in [1.54, 1.807) is 28.1 Å². The molecule has 0 aliphatic heterocycles. The van der Waals surface area contributed by atoms with Crippen molar-refractivity contribution in [3.63, 3.8) is 0 Å². The van der Waals surface area contributed by atoms with Crippen LogP contribution >= 0.6 is 0 Å². The normalized spacial score (nSPS) is 11.3. The van der Waals surface area contributed by atoms with Crippen LogP contribution in [0.1, 0.15) is 30.5 Å². The molecule has 3 aromatic carbocycles. The van der Waals surface area contributed by atoms with Gasteiger partial charge >= 0.3 is 0 Å². The van der Waals surface area contributed by atoms with Crippen molar-refractivity contribution in [3.8, 4) is 28.4 Å². The summed E-state index contributed by atoms with van der Waals surface area (Å²) in [5, 5.41) is 13.2. The Balaban J connectivity index is 1.78. The van der Waals surface area contributed by atoms with Gasteiger partial charge in [0.15, 0.2) is 0 Å². The Morgan fingerprint density at radius 3 is 2.16 bits per heavy atom. The van der Waals surface area contributed by atoms with Gasteiger partial charge < -0.3 is 24.6 Å². The second-order valence-electron chi connectivity index (χ2n) is 8.47. The molecule has 5 nitrogen and oxygen atoms in total. The van der Waals surface area contributed by atoms with Crippen LogP contribution in [0.25, 0.3) is 11.1 Å². The maximum atomic E-state index is 9.94. The fourth-order valence-corrected chi connectivity index (χ4v) is 3.64. The number of methoxy groups -OCH3 is 2. The highest BCUT2D eigenvalue weighted by Crippen LogP contribution is 2.35. The van der Waals surface area contributed by atoms with Crippen molar-refractivity contribution in [1.82, 2.24) is 5.32 Å². The van der Waals surface area contributed by atoms with Crippen LogP contribution in [0.3, 0.4) is 0 Å². The molecule has 0 spiro atoms. The summed E-state index contributed by atoms with van der Waals surface area (Å²) in [5.41, 5.74) is 4.81.